The topological polar surface area (TPSA) is 66.9 Å². The van der Waals surface area contributed by atoms with E-state index in [9.17, 15) is 9.18 Å². The number of hydrogen-bond donors (Lipinski definition) is 2. The van der Waals surface area contributed by atoms with Gasteiger partial charge in [0.1, 0.15) is 18.0 Å². The molecule has 5 nitrogen and oxygen atoms in total. The monoisotopic (exact) mass is 350 g/mol. The number of anilines is 2. The second-order valence-electron chi connectivity index (χ2n) is 6.13. The number of nitrogens with zero attached hydrogens (tertiary/aromatic N) is 2. The van der Waals surface area contributed by atoms with Crippen molar-refractivity contribution in [1.82, 2.24) is 15.3 Å². The fourth-order valence-corrected chi connectivity index (χ4v) is 2.44. The Morgan fingerprint density at radius 2 is 1.81 bits per heavy atom. The number of aromatic nitrogens is 2. The first-order chi connectivity index (χ1) is 12.5. The summed E-state index contributed by atoms with van der Waals surface area (Å²) >= 11 is 0. The van der Waals surface area contributed by atoms with Gasteiger partial charge in [-0.25, -0.2) is 14.4 Å². The molecule has 0 atom stereocenters. The molecule has 1 amide bonds. The third-order valence-electron chi connectivity index (χ3n) is 3.62. The zero-order valence-electron chi connectivity index (χ0n) is 14.5. The molecule has 1 heterocycles. The van der Waals surface area contributed by atoms with Crippen LogP contribution in [0.1, 0.15) is 24.2 Å². The molecular formula is C20H19FN4O. The zero-order chi connectivity index (χ0) is 18.5. The molecule has 0 saturated heterocycles. The van der Waals surface area contributed by atoms with E-state index in [-0.39, 0.29) is 17.8 Å². The summed E-state index contributed by atoms with van der Waals surface area (Å²) in [6, 6.07) is 15.1. The van der Waals surface area contributed by atoms with Crippen LogP contribution in [0.25, 0.3) is 11.3 Å². The van der Waals surface area contributed by atoms with E-state index in [1.165, 1.54) is 18.5 Å². The van der Waals surface area contributed by atoms with Gasteiger partial charge in [-0.2, -0.15) is 0 Å². The van der Waals surface area contributed by atoms with Crippen LogP contribution in [-0.2, 0) is 0 Å². The number of carbonyl (C=O) groups excluding carboxylic acids is 1. The number of benzene rings is 2. The summed E-state index contributed by atoms with van der Waals surface area (Å²) in [5.41, 5.74) is 2.78. The summed E-state index contributed by atoms with van der Waals surface area (Å²) in [4.78, 5) is 20.6. The molecule has 2 N–H and O–H groups in total. The first-order valence-corrected chi connectivity index (χ1v) is 8.27. The van der Waals surface area contributed by atoms with Crippen LogP contribution in [0.3, 0.4) is 0 Å². The second-order valence-corrected chi connectivity index (χ2v) is 6.13. The van der Waals surface area contributed by atoms with Crippen LogP contribution in [0.5, 0.6) is 0 Å². The number of hydrogen-bond acceptors (Lipinski definition) is 4. The molecule has 0 aliphatic carbocycles. The van der Waals surface area contributed by atoms with Gasteiger partial charge in [0.05, 0.1) is 5.69 Å². The van der Waals surface area contributed by atoms with Crippen molar-refractivity contribution in [2.75, 3.05) is 5.32 Å². The van der Waals surface area contributed by atoms with Crippen molar-refractivity contribution in [2.24, 2.45) is 0 Å². The van der Waals surface area contributed by atoms with Gasteiger partial charge in [0.15, 0.2) is 0 Å². The van der Waals surface area contributed by atoms with Crippen LogP contribution in [0.4, 0.5) is 15.9 Å². The van der Waals surface area contributed by atoms with Crippen LogP contribution in [0.2, 0.25) is 0 Å². The van der Waals surface area contributed by atoms with Crippen molar-refractivity contribution >= 4 is 17.4 Å². The molecule has 3 rings (SSSR count). The molecule has 0 radical (unpaired) electrons. The predicted molar refractivity (Wildman–Crippen MR) is 99.8 cm³/mol. The summed E-state index contributed by atoms with van der Waals surface area (Å²) in [7, 11) is 0. The van der Waals surface area contributed by atoms with Crippen LogP contribution in [-0.4, -0.2) is 21.9 Å². The highest BCUT2D eigenvalue weighted by Crippen LogP contribution is 2.22. The van der Waals surface area contributed by atoms with Crippen molar-refractivity contribution in [3.05, 3.63) is 72.3 Å². The van der Waals surface area contributed by atoms with E-state index in [0.29, 0.717) is 17.1 Å². The lowest BCUT2D eigenvalue weighted by atomic mass is 10.1. The smallest absolute Gasteiger partial charge is 0.251 e. The van der Waals surface area contributed by atoms with Crippen molar-refractivity contribution in [2.45, 2.75) is 19.9 Å². The maximum Gasteiger partial charge on any atom is 0.251 e. The summed E-state index contributed by atoms with van der Waals surface area (Å²) in [6.07, 6.45) is 1.44. The maximum absolute atomic E-state index is 13.1. The first-order valence-electron chi connectivity index (χ1n) is 8.27. The number of nitrogens with one attached hydrogen (secondary N) is 2. The lowest BCUT2D eigenvalue weighted by molar-refractivity contribution is 0.0943. The average molecular weight is 350 g/mol. The van der Waals surface area contributed by atoms with Crippen LogP contribution >= 0.6 is 0 Å². The minimum atomic E-state index is -0.294. The molecule has 1 aromatic heterocycles. The highest BCUT2D eigenvalue weighted by molar-refractivity contribution is 5.95. The van der Waals surface area contributed by atoms with Gasteiger partial charge in [0.2, 0.25) is 0 Å². The summed E-state index contributed by atoms with van der Waals surface area (Å²) in [5, 5.41) is 6.03. The molecule has 0 aliphatic rings. The molecular weight excluding hydrogens is 331 g/mol. The Morgan fingerprint density at radius 1 is 1.04 bits per heavy atom. The van der Waals surface area contributed by atoms with Crippen LogP contribution < -0.4 is 10.6 Å². The quantitative estimate of drug-likeness (QED) is 0.725. The lowest BCUT2D eigenvalue weighted by Crippen LogP contribution is -2.30. The van der Waals surface area contributed by atoms with E-state index >= 15 is 0 Å². The Balaban J connectivity index is 1.80. The van der Waals surface area contributed by atoms with E-state index in [2.05, 4.69) is 20.6 Å². The molecule has 0 spiro atoms. The largest absolute Gasteiger partial charge is 0.350 e. The Morgan fingerprint density at radius 3 is 2.54 bits per heavy atom. The summed E-state index contributed by atoms with van der Waals surface area (Å²) < 4.78 is 13.1. The normalized spacial score (nSPS) is 10.6. The summed E-state index contributed by atoms with van der Waals surface area (Å²) in [6.45, 7) is 3.83. The Hall–Kier alpha value is -3.28. The van der Waals surface area contributed by atoms with Gasteiger partial charge >= 0.3 is 0 Å². The molecule has 0 bridgehead atoms. The van der Waals surface area contributed by atoms with E-state index in [0.717, 1.165) is 11.3 Å². The standard InChI is InChI=1S/C20H19FN4O/c1-13(2)24-20(26)15-4-3-5-17(10-15)25-19-11-18(22-12-23-19)14-6-8-16(21)9-7-14/h3-13H,1-2H3,(H,24,26)(H,22,23,25). The fraction of sp³-hybridized carbons (Fsp3) is 0.150. The highest BCUT2D eigenvalue weighted by atomic mass is 19.1. The molecule has 0 aliphatic heterocycles. The molecule has 0 unspecified atom stereocenters. The summed E-state index contributed by atoms with van der Waals surface area (Å²) in [5.74, 6) is 0.164. The van der Waals surface area contributed by atoms with Gasteiger partial charge < -0.3 is 10.6 Å². The molecule has 132 valence electrons. The van der Waals surface area contributed by atoms with Gasteiger partial charge in [-0.1, -0.05) is 6.07 Å². The third kappa shape index (κ3) is 4.42. The van der Waals surface area contributed by atoms with Gasteiger partial charge in [-0.15, -0.1) is 0 Å². The minimum Gasteiger partial charge on any atom is -0.350 e. The number of rotatable bonds is 5. The van der Waals surface area contributed by atoms with Crippen molar-refractivity contribution in [3.63, 3.8) is 0 Å². The SMILES string of the molecule is CC(C)NC(=O)c1cccc(Nc2cc(-c3ccc(F)cc3)ncn2)c1. The van der Waals surface area contributed by atoms with E-state index < -0.39 is 0 Å². The third-order valence-corrected chi connectivity index (χ3v) is 3.62. The number of amides is 1. The zero-order valence-corrected chi connectivity index (χ0v) is 14.5. The van der Waals surface area contributed by atoms with Crippen LogP contribution in [0, 0.1) is 5.82 Å². The van der Waals surface area contributed by atoms with Gasteiger partial charge in [0, 0.05) is 28.9 Å². The van der Waals surface area contributed by atoms with E-state index in [1.54, 1.807) is 36.4 Å². The number of halogens is 1. The van der Waals surface area contributed by atoms with Gasteiger partial charge in [-0.3, -0.25) is 4.79 Å². The Bertz CT molecular complexity index is 910. The second kappa shape index (κ2) is 7.74. The molecule has 6 heteroatoms. The predicted octanol–water partition coefficient (Wildman–Crippen LogP) is 4.16. The Kier molecular flexibility index (Phi) is 5.22. The lowest BCUT2D eigenvalue weighted by Gasteiger charge is -2.11. The molecule has 0 saturated carbocycles. The van der Waals surface area contributed by atoms with Crippen molar-refractivity contribution in [3.8, 4) is 11.3 Å². The van der Waals surface area contributed by atoms with Gasteiger partial charge in [0.25, 0.3) is 5.91 Å². The van der Waals surface area contributed by atoms with E-state index in [4.69, 9.17) is 0 Å². The maximum atomic E-state index is 13.1. The minimum absolute atomic E-state index is 0.0687. The average Bonchev–Trinajstić information content (AvgIpc) is 2.62. The molecule has 3 aromatic rings. The number of carbonyl (C=O) groups is 1. The molecule has 26 heavy (non-hydrogen) atoms. The van der Waals surface area contributed by atoms with Crippen LogP contribution in [0.15, 0.2) is 60.9 Å². The molecule has 0 fully saturated rings. The van der Waals surface area contributed by atoms with Crippen molar-refractivity contribution in [1.29, 1.82) is 0 Å². The van der Waals surface area contributed by atoms with E-state index in [1.807, 2.05) is 19.9 Å². The Labute approximate surface area is 151 Å². The molecule has 2 aromatic carbocycles. The highest BCUT2D eigenvalue weighted by Gasteiger charge is 2.08. The fourth-order valence-electron chi connectivity index (χ4n) is 2.44. The van der Waals surface area contributed by atoms with Crippen molar-refractivity contribution < 1.29 is 9.18 Å². The van der Waals surface area contributed by atoms with Gasteiger partial charge in [-0.05, 0) is 56.3 Å². The first kappa shape index (κ1) is 17.5.